The minimum absolute atomic E-state index is 0.0303. The molecule has 9 nitrogen and oxygen atoms in total. The fraction of sp³-hybridized carbons (Fsp3) is 0.333. The lowest BCUT2D eigenvalue weighted by Gasteiger charge is -2.18. The normalized spacial score (nSPS) is 15.6. The van der Waals surface area contributed by atoms with Crippen LogP contribution < -0.4 is 5.32 Å². The molecule has 182 valence electrons. The van der Waals surface area contributed by atoms with Crippen molar-refractivity contribution in [1.29, 1.82) is 5.26 Å². The van der Waals surface area contributed by atoms with E-state index < -0.39 is 0 Å². The van der Waals surface area contributed by atoms with E-state index in [-0.39, 0.29) is 11.5 Å². The molecule has 1 aliphatic heterocycles. The number of aromatic nitrogens is 6. The highest BCUT2D eigenvalue weighted by atomic mass is 16.5. The molecule has 9 heteroatoms. The Morgan fingerprint density at radius 1 is 1.06 bits per heavy atom. The van der Waals surface area contributed by atoms with Crippen LogP contribution in [0.2, 0.25) is 0 Å². The zero-order valence-electron chi connectivity index (χ0n) is 20.6. The van der Waals surface area contributed by atoms with Gasteiger partial charge in [-0.15, -0.1) is 5.10 Å². The average molecular weight is 481 g/mol. The van der Waals surface area contributed by atoms with Gasteiger partial charge in [-0.25, -0.2) is 14.6 Å². The smallest absolute Gasteiger partial charge is 0.224 e. The van der Waals surface area contributed by atoms with E-state index in [0.29, 0.717) is 48.4 Å². The summed E-state index contributed by atoms with van der Waals surface area (Å²) in [6.07, 6.45) is 2.76. The molecule has 0 radical (unpaired) electrons. The molecule has 0 unspecified atom stereocenters. The molecule has 5 rings (SSSR count). The Morgan fingerprint density at radius 2 is 1.89 bits per heavy atom. The Morgan fingerprint density at radius 3 is 2.67 bits per heavy atom. The van der Waals surface area contributed by atoms with Gasteiger partial charge < -0.3 is 10.1 Å². The third-order valence-electron chi connectivity index (χ3n) is 5.98. The molecule has 1 aliphatic rings. The van der Waals surface area contributed by atoms with Crippen LogP contribution in [0.4, 0.5) is 5.95 Å². The maximum absolute atomic E-state index is 9.34. The average Bonchev–Trinajstić information content (AvgIpc) is 3.56. The highest BCUT2D eigenvalue weighted by Gasteiger charge is 2.19. The van der Waals surface area contributed by atoms with Gasteiger partial charge in [0.1, 0.15) is 5.69 Å². The van der Waals surface area contributed by atoms with Crippen molar-refractivity contribution >= 4 is 5.95 Å². The summed E-state index contributed by atoms with van der Waals surface area (Å²) in [7, 11) is 0. The van der Waals surface area contributed by atoms with Crippen molar-refractivity contribution in [2.75, 3.05) is 18.5 Å². The molecule has 4 aromatic rings. The van der Waals surface area contributed by atoms with Gasteiger partial charge in [0.05, 0.1) is 54.1 Å². The van der Waals surface area contributed by atoms with Crippen LogP contribution >= 0.6 is 0 Å². The summed E-state index contributed by atoms with van der Waals surface area (Å²) < 4.78 is 7.26. The topological polar surface area (TPSA) is 114 Å². The monoisotopic (exact) mass is 480 g/mol. The standard InChI is InChI=1S/C27H28N8O/c1-27(2,3)25-9-5-8-20(29-25)15-35-16-24(33-34-35)23-13-22(19-7-4-6-18(12-19)14-28)31-26(32-23)30-21-10-11-36-17-21/h4-9,12-13,16,21H,10-11,15,17H2,1-3H3,(H,30,31,32)/t21-/m1/s1. The second kappa shape index (κ2) is 9.84. The third-order valence-corrected chi connectivity index (χ3v) is 5.98. The van der Waals surface area contributed by atoms with Crippen LogP contribution in [0.15, 0.2) is 54.7 Å². The molecule has 0 amide bonds. The molecule has 4 heterocycles. The van der Waals surface area contributed by atoms with Crippen molar-refractivity contribution in [3.63, 3.8) is 0 Å². The van der Waals surface area contributed by atoms with Gasteiger partial charge in [0, 0.05) is 23.3 Å². The molecule has 1 N–H and O–H groups in total. The zero-order chi connectivity index (χ0) is 25.1. The van der Waals surface area contributed by atoms with Crippen molar-refractivity contribution in [2.24, 2.45) is 0 Å². The molecule has 1 atom stereocenters. The second-order valence-corrected chi connectivity index (χ2v) is 9.93. The van der Waals surface area contributed by atoms with E-state index in [2.05, 4.69) is 42.5 Å². The maximum Gasteiger partial charge on any atom is 0.224 e. The molecule has 0 saturated carbocycles. The van der Waals surface area contributed by atoms with Crippen molar-refractivity contribution in [1.82, 2.24) is 29.9 Å². The Hall–Kier alpha value is -4.16. The molecule has 3 aromatic heterocycles. The second-order valence-electron chi connectivity index (χ2n) is 9.93. The first kappa shape index (κ1) is 23.6. The fourth-order valence-corrected chi connectivity index (χ4v) is 4.01. The van der Waals surface area contributed by atoms with E-state index in [9.17, 15) is 5.26 Å². The number of rotatable bonds is 6. The first-order valence-corrected chi connectivity index (χ1v) is 12.0. The molecule has 1 fully saturated rings. The number of ether oxygens (including phenoxy) is 1. The van der Waals surface area contributed by atoms with Gasteiger partial charge in [-0.05, 0) is 36.8 Å². The van der Waals surface area contributed by atoms with Crippen LogP contribution in [0.5, 0.6) is 0 Å². The highest BCUT2D eigenvalue weighted by molar-refractivity contribution is 5.68. The van der Waals surface area contributed by atoms with Crippen LogP contribution in [-0.4, -0.2) is 49.2 Å². The predicted octanol–water partition coefficient (Wildman–Crippen LogP) is 4.22. The number of benzene rings is 1. The summed E-state index contributed by atoms with van der Waals surface area (Å²) >= 11 is 0. The Balaban J connectivity index is 1.46. The first-order chi connectivity index (χ1) is 17.4. The van der Waals surface area contributed by atoms with Crippen LogP contribution in [-0.2, 0) is 16.7 Å². The zero-order valence-corrected chi connectivity index (χ0v) is 20.6. The third kappa shape index (κ3) is 5.39. The number of pyridine rings is 1. The first-order valence-electron chi connectivity index (χ1n) is 12.0. The maximum atomic E-state index is 9.34. The molecule has 1 aromatic carbocycles. The highest BCUT2D eigenvalue weighted by Crippen LogP contribution is 2.26. The van der Waals surface area contributed by atoms with Crippen LogP contribution in [0.1, 0.15) is 44.1 Å². The van der Waals surface area contributed by atoms with E-state index in [4.69, 9.17) is 19.7 Å². The summed E-state index contributed by atoms with van der Waals surface area (Å²) in [6, 6.07) is 17.6. The van der Waals surface area contributed by atoms with Gasteiger partial charge in [-0.1, -0.05) is 44.2 Å². The van der Waals surface area contributed by atoms with Gasteiger partial charge in [-0.2, -0.15) is 5.26 Å². The quantitative estimate of drug-likeness (QED) is 0.436. The SMILES string of the molecule is CC(C)(C)c1cccc(Cn2cc(-c3cc(-c4cccc(C#N)c4)nc(N[C@@H]4CCOC4)n3)nn2)n1. The Kier molecular flexibility index (Phi) is 6.44. The lowest BCUT2D eigenvalue weighted by Crippen LogP contribution is -2.20. The minimum atomic E-state index is -0.0303. The summed E-state index contributed by atoms with van der Waals surface area (Å²) in [5, 5.41) is 21.4. The van der Waals surface area contributed by atoms with Crippen molar-refractivity contribution < 1.29 is 4.74 Å². The molecule has 1 saturated heterocycles. The summed E-state index contributed by atoms with van der Waals surface area (Å²) in [5.74, 6) is 0.495. The van der Waals surface area contributed by atoms with E-state index in [1.54, 1.807) is 10.7 Å². The van der Waals surface area contributed by atoms with Crippen LogP contribution in [0.3, 0.4) is 0 Å². The van der Waals surface area contributed by atoms with E-state index >= 15 is 0 Å². The summed E-state index contributed by atoms with van der Waals surface area (Å²) in [6.45, 7) is 8.28. The van der Waals surface area contributed by atoms with Gasteiger partial charge in [0.2, 0.25) is 5.95 Å². The number of anilines is 1. The molecule has 0 bridgehead atoms. The van der Waals surface area contributed by atoms with Crippen LogP contribution in [0.25, 0.3) is 22.6 Å². The predicted molar refractivity (Wildman–Crippen MR) is 136 cm³/mol. The molecule has 0 spiro atoms. The Bertz CT molecular complexity index is 1410. The molecular weight excluding hydrogens is 452 g/mol. The van der Waals surface area contributed by atoms with E-state index in [1.807, 2.05) is 48.7 Å². The number of nitriles is 1. The van der Waals surface area contributed by atoms with Crippen LogP contribution in [0, 0.1) is 11.3 Å². The van der Waals surface area contributed by atoms with Gasteiger partial charge in [-0.3, -0.25) is 4.98 Å². The van der Waals surface area contributed by atoms with Gasteiger partial charge in [0.25, 0.3) is 0 Å². The lowest BCUT2D eigenvalue weighted by atomic mass is 9.91. The van der Waals surface area contributed by atoms with Crippen molar-refractivity contribution in [2.45, 2.75) is 45.2 Å². The Labute approximate surface area is 210 Å². The largest absolute Gasteiger partial charge is 0.379 e. The van der Waals surface area contributed by atoms with E-state index in [1.165, 1.54) is 0 Å². The minimum Gasteiger partial charge on any atom is -0.379 e. The number of hydrogen-bond donors (Lipinski definition) is 1. The summed E-state index contributed by atoms with van der Waals surface area (Å²) in [5.41, 5.74) is 5.30. The fourth-order valence-electron chi connectivity index (χ4n) is 4.01. The molecule has 0 aliphatic carbocycles. The van der Waals surface area contributed by atoms with Crippen molar-refractivity contribution in [3.8, 4) is 28.7 Å². The lowest BCUT2D eigenvalue weighted by molar-refractivity contribution is 0.195. The number of hydrogen-bond acceptors (Lipinski definition) is 8. The summed E-state index contributed by atoms with van der Waals surface area (Å²) in [4.78, 5) is 14.3. The van der Waals surface area contributed by atoms with E-state index in [0.717, 1.165) is 23.4 Å². The number of nitrogens with one attached hydrogen (secondary N) is 1. The molecule has 36 heavy (non-hydrogen) atoms. The van der Waals surface area contributed by atoms with Gasteiger partial charge in [0.15, 0.2) is 0 Å². The molecular formula is C27H28N8O. The van der Waals surface area contributed by atoms with Crippen molar-refractivity contribution in [3.05, 3.63) is 71.7 Å². The van der Waals surface area contributed by atoms with Gasteiger partial charge >= 0.3 is 0 Å². The number of nitrogens with zero attached hydrogens (tertiary/aromatic N) is 7.